The molecule has 0 aliphatic carbocycles. The molecule has 0 aromatic heterocycles. The predicted molar refractivity (Wildman–Crippen MR) is 81.6 cm³/mol. The zero-order valence-corrected chi connectivity index (χ0v) is 12.7. The Morgan fingerprint density at radius 3 is 2.32 bits per heavy atom. The van der Waals surface area contributed by atoms with E-state index in [2.05, 4.69) is 43.9 Å². The van der Waals surface area contributed by atoms with E-state index in [1.165, 1.54) is 5.57 Å². The largest absolute Gasteiger partial charge is 0.403 e. The third-order valence-corrected chi connectivity index (χ3v) is 3.76. The van der Waals surface area contributed by atoms with Crippen LogP contribution in [0.25, 0.3) is 0 Å². The van der Waals surface area contributed by atoms with Crippen molar-refractivity contribution in [1.82, 2.24) is 4.90 Å². The van der Waals surface area contributed by atoms with Crippen molar-refractivity contribution >= 4 is 0 Å². The highest BCUT2D eigenvalue weighted by molar-refractivity contribution is 5.28. The van der Waals surface area contributed by atoms with Crippen molar-refractivity contribution in [1.29, 1.82) is 0 Å². The summed E-state index contributed by atoms with van der Waals surface area (Å²) in [5, 5.41) is 0. The molecule has 0 amide bonds. The van der Waals surface area contributed by atoms with Gasteiger partial charge in [0.1, 0.15) is 0 Å². The second kappa shape index (κ2) is 8.05. The molecule has 2 N–H and O–H groups in total. The van der Waals surface area contributed by atoms with E-state index in [9.17, 15) is 0 Å². The van der Waals surface area contributed by atoms with Crippen LogP contribution in [-0.2, 0) is 4.74 Å². The van der Waals surface area contributed by atoms with Crippen LogP contribution in [0.4, 0.5) is 0 Å². The van der Waals surface area contributed by atoms with Gasteiger partial charge in [0.15, 0.2) is 0 Å². The van der Waals surface area contributed by atoms with Crippen molar-refractivity contribution in [3.05, 3.63) is 35.7 Å². The van der Waals surface area contributed by atoms with Crippen molar-refractivity contribution in [3.63, 3.8) is 0 Å². The molecule has 0 spiro atoms. The summed E-state index contributed by atoms with van der Waals surface area (Å²) < 4.78 is 5.40. The van der Waals surface area contributed by atoms with Crippen LogP contribution in [0.1, 0.15) is 33.6 Å². The smallest absolute Gasteiger partial charge is 0.0605 e. The molecule has 1 aliphatic rings. The molecular weight excluding hydrogens is 236 g/mol. The van der Waals surface area contributed by atoms with Crippen LogP contribution in [0, 0.1) is 5.92 Å². The lowest BCUT2D eigenvalue weighted by Crippen LogP contribution is -2.36. The van der Waals surface area contributed by atoms with E-state index >= 15 is 0 Å². The molecule has 1 heterocycles. The Bertz CT molecular complexity index is 348. The number of hydrogen-bond donors (Lipinski definition) is 1. The van der Waals surface area contributed by atoms with Crippen LogP contribution in [0.5, 0.6) is 0 Å². The minimum Gasteiger partial charge on any atom is -0.403 e. The monoisotopic (exact) mass is 264 g/mol. The fourth-order valence-corrected chi connectivity index (χ4v) is 2.42. The maximum atomic E-state index is 5.77. The highest BCUT2D eigenvalue weighted by atomic mass is 16.5. The fraction of sp³-hybridized carbons (Fsp3) is 0.625. The van der Waals surface area contributed by atoms with Crippen LogP contribution in [0.3, 0.4) is 0 Å². The molecule has 1 fully saturated rings. The SMILES string of the molecule is C\C=C(/C=C\C(=C/N)N1CCC(OC)CC1)C(C)C. The lowest BCUT2D eigenvalue weighted by atomic mass is 10.0. The molecule has 19 heavy (non-hydrogen) atoms. The Morgan fingerprint density at radius 1 is 1.26 bits per heavy atom. The lowest BCUT2D eigenvalue weighted by Gasteiger charge is -2.33. The van der Waals surface area contributed by atoms with Gasteiger partial charge in [-0.1, -0.05) is 26.0 Å². The van der Waals surface area contributed by atoms with Crippen LogP contribution in [0.2, 0.25) is 0 Å². The predicted octanol–water partition coefficient (Wildman–Crippen LogP) is 3.06. The Morgan fingerprint density at radius 2 is 1.89 bits per heavy atom. The summed E-state index contributed by atoms with van der Waals surface area (Å²) >= 11 is 0. The molecule has 1 saturated heterocycles. The highest BCUT2D eigenvalue weighted by Gasteiger charge is 2.19. The summed E-state index contributed by atoms with van der Waals surface area (Å²) in [4.78, 5) is 2.33. The molecular formula is C16H28N2O. The van der Waals surface area contributed by atoms with Gasteiger partial charge in [-0.05, 0) is 37.3 Å². The van der Waals surface area contributed by atoms with Crippen LogP contribution >= 0.6 is 0 Å². The van der Waals surface area contributed by atoms with Crippen LogP contribution in [-0.4, -0.2) is 31.2 Å². The van der Waals surface area contributed by atoms with Crippen LogP contribution < -0.4 is 5.73 Å². The maximum absolute atomic E-state index is 5.77. The van der Waals surface area contributed by atoms with Crippen molar-refractivity contribution < 1.29 is 4.74 Å². The van der Waals surface area contributed by atoms with Crippen LogP contribution in [0.15, 0.2) is 35.7 Å². The molecule has 0 unspecified atom stereocenters. The minimum absolute atomic E-state index is 0.404. The van der Waals surface area contributed by atoms with E-state index in [0.717, 1.165) is 31.6 Å². The first kappa shape index (κ1) is 15.8. The van der Waals surface area contributed by atoms with E-state index in [-0.39, 0.29) is 0 Å². The third kappa shape index (κ3) is 4.75. The lowest BCUT2D eigenvalue weighted by molar-refractivity contribution is 0.0512. The standard InChI is InChI=1S/C16H28N2O/c1-5-14(13(2)3)6-7-15(12-17)18-10-8-16(19-4)9-11-18/h5-7,12-13,16H,8-11,17H2,1-4H3/b7-6-,14-5+,15-12+. The second-order valence-electron chi connectivity index (χ2n) is 5.29. The van der Waals surface area contributed by atoms with Crippen molar-refractivity contribution in [3.8, 4) is 0 Å². The third-order valence-electron chi connectivity index (χ3n) is 3.76. The normalized spacial score (nSPS) is 19.7. The minimum atomic E-state index is 0.404. The maximum Gasteiger partial charge on any atom is 0.0605 e. The molecule has 1 aliphatic heterocycles. The number of likely N-dealkylation sites (tertiary alicyclic amines) is 1. The number of allylic oxidation sites excluding steroid dienone is 4. The van der Waals surface area contributed by atoms with Gasteiger partial charge in [-0.15, -0.1) is 0 Å². The van der Waals surface area contributed by atoms with Crippen molar-refractivity contribution in [2.24, 2.45) is 11.7 Å². The summed E-state index contributed by atoms with van der Waals surface area (Å²) in [7, 11) is 1.79. The van der Waals surface area contributed by atoms with E-state index in [0.29, 0.717) is 12.0 Å². The van der Waals surface area contributed by atoms with Gasteiger partial charge in [0.2, 0.25) is 0 Å². The molecule has 0 radical (unpaired) electrons. The molecule has 0 aromatic rings. The molecule has 0 aromatic carbocycles. The number of nitrogens with zero attached hydrogens (tertiary/aromatic N) is 1. The molecule has 1 rings (SSSR count). The number of methoxy groups -OCH3 is 1. The summed E-state index contributed by atoms with van der Waals surface area (Å²) in [5.41, 5.74) is 8.21. The van der Waals surface area contributed by atoms with Crippen molar-refractivity contribution in [2.75, 3.05) is 20.2 Å². The fourth-order valence-electron chi connectivity index (χ4n) is 2.42. The van der Waals surface area contributed by atoms with E-state index in [1.54, 1.807) is 13.3 Å². The average molecular weight is 264 g/mol. The van der Waals surface area contributed by atoms with Gasteiger partial charge in [-0.25, -0.2) is 0 Å². The number of piperidine rings is 1. The Labute approximate surface area is 117 Å². The van der Waals surface area contributed by atoms with Gasteiger partial charge in [0.05, 0.1) is 11.8 Å². The zero-order valence-electron chi connectivity index (χ0n) is 12.7. The summed E-state index contributed by atoms with van der Waals surface area (Å²) in [6.45, 7) is 8.51. The number of nitrogens with two attached hydrogens (primary N) is 1. The zero-order chi connectivity index (χ0) is 14.3. The van der Waals surface area contributed by atoms with E-state index in [4.69, 9.17) is 10.5 Å². The van der Waals surface area contributed by atoms with Gasteiger partial charge in [-0.2, -0.15) is 0 Å². The first-order valence-electron chi connectivity index (χ1n) is 7.16. The topological polar surface area (TPSA) is 38.5 Å². The molecule has 3 heteroatoms. The number of hydrogen-bond acceptors (Lipinski definition) is 3. The van der Waals surface area contributed by atoms with Gasteiger partial charge >= 0.3 is 0 Å². The Balaban J connectivity index is 2.63. The second-order valence-corrected chi connectivity index (χ2v) is 5.29. The molecule has 3 nitrogen and oxygen atoms in total. The number of ether oxygens (including phenoxy) is 1. The quantitative estimate of drug-likeness (QED) is 0.776. The van der Waals surface area contributed by atoms with Gasteiger partial charge in [0, 0.05) is 26.4 Å². The van der Waals surface area contributed by atoms with Crippen molar-refractivity contribution in [2.45, 2.75) is 39.7 Å². The Hall–Kier alpha value is -1.22. The molecule has 0 saturated carbocycles. The van der Waals surface area contributed by atoms with Gasteiger partial charge in [-0.3, -0.25) is 0 Å². The Kier molecular flexibility index (Phi) is 6.71. The first-order chi connectivity index (χ1) is 9.12. The highest BCUT2D eigenvalue weighted by Crippen LogP contribution is 2.19. The van der Waals surface area contributed by atoms with Gasteiger partial charge in [0.25, 0.3) is 0 Å². The molecule has 0 bridgehead atoms. The average Bonchev–Trinajstić information content (AvgIpc) is 2.43. The van der Waals surface area contributed by atoms with Gasteiger partial charge < -0.3 is 15.4 Å². The molecule has 0 atom stereocenters. The molecule has 108 valence electrons. The van der Waals surface area contributed by atoms with E-state index in [1.807, 2.05) is 0 Å². The van der Waals surface area contributed by atoms with E-state index < -0.39 is 0 Å². The first-order valence-corrected chi connectivity index (χ1v) is 7.16. The summed E-state index contributed by atoms with van der Waals surface area (Å²) in [6, 6.07) is 0. The summed E-state index contributed by atoms with van der Waals surface area (Å²) in [5.74, 6) is 0.541. The summed E-state index contributed by atoms with van der Waals surface area (Å²) in [6.07, 6.45) is 10.7. The number of rotatable bonds is 5.